The second-order valence-corrected chi connectivity index (χ2v) is 6.14. The monoisotopic (exact) mass is 403 g/mol. The number of halogens is 1. The van der Waals surface area contributed by atoms with Crippen LogP contribution in [-0.2, 0) is 14.3 Å². The minimum absolute atomic E-state index is 0.364. The summed E-state index contributed by atoms with van der Waals surface area (Å²) in [6.07, 6.45) is 0. The molecular weight excluding hydrogens is 385 g/mol. The van der Waals surface area contributed by atoms with E-state index < -0.39 is 52.5 Å². The van der Waals surface area contributed by atoms with E-state index in [-0.39, 0.29) is 0 Å². The molecule has 0 spiro atoms. The van der Waals surface area contributed by atoms with Crippen molar-refractivity contribution in [3.05, 3.63) is 69.5 Å². The lowest BCUT2D eigenvalue weighted by Crippen LogP contribution is -2.40. The van der Waals surface area contributed by atoms with E-state index in [4.69, 9.17) is 4.74 Å². The Morgan fingerprint density at radius 2 is 1.93 bits per heavy atom. The molecule has 0 aromatic heterocycles. The zero-order chi connectivity index (χ0) is 21.6. The predicted molar refractivity (Wildman–Crippen MR) is 101 cm³/mol. The summed E-state index contributed by atoms with van der Waals surface area (Å²) >= 11 is 0. The van der Waals surface area contributed by atoms with E-state index in [9.17, 15) is 28.9 Å². The Labute approximate surface area is 165 Å². The Morgan fingerprint density at radius 3 is 2.59 bits per heavy atom. The van der Waals surface area contributed by atoms with Crippen molar-refractivity contribution in [3.63, 3.8) is 0 Å². The van der Waals surface area contributed by atoms with Crippen LogP contribution < -0.4 is 10.6 Å². The van der Waals surface area contributed by atoms with E-state index in [2.05, 4.69) is 10.6 Å². The first kappa shape index (κ1) is 21.5. The number of nitrogens with one attached hydrogen (secondary N) is 2. The highest BCUT2D eigenvalue weighted by Gasteiger charge is 2.20. The molecule has 2 N–H and O–H groups in total. The van der Waals surface area contributed by atoms with Crippen molar-refractivity contribution in [2.45, 2.75) is 19.9 Å². The Kier molecular flexibility index (Phi) is 6.96. The number of esters is 1. The molecule has 0 unspecified atom stereocenters. The van der Waals surface area contributed by atoms with Gasteiger partial charge in [0.1, 0.15) is 11.9 Å². The molecule has 2 aromatic rings. The number of carbonyl (C=O) groups is 3. The fraction of sp³-hybridized carbons (Fsp3) is 0.211. The van der Waals surface area contributed by atoms with Gasteiger partial charge in [-0.05, 0) is 32.0 Å². The van der Waals surface area contributed by atoms with Crippen molar-refractivity contribution in [2.75, 3.05) is 11.9 Å². The van der Waals surface area contributed by atoms with Gasteiger partial charge in [-0.3, -0.25) is 19.7 Å². The molecule has 0 fully saturated rings. The van der Waals surface area contributed by atoms with E-state index >= 15 is 0 Å². The van der Waals surface area contributed by atoms with Crippen LogP contribution in [0.15, 0.2) is 42.5 Å². The molecule has 0 heterocycles. The number of nitro groups is 1. The van der Waals surface area contributed by atoms with E-state index in [1.807, 2.05) is 13.0 Å². The topological polar surface area (TPSA) is 128 Å². The molecule has 0 aliphatic carbocycles. The number of hydrogen-bond acceptors (Lipinski definition) is 6. The maximum atomic E-state index is 13.7. The van der Waals surface area contributed by atoms with Crippen molar-refractivity contribution in [1.29, 1.82) is 0 Å². The highest BCUT2D eigenvalue weighted by molar-refractivity contribution is 5.97. The zero-order valence-electron chi connectivity index (χ0n) is 15.6. The van der Waals surface area contributed by atoms with E-state index in [1.165, 1.54) is 6.92 Å². The van der Waals surface area contributed by atoms with Gasteiger partial charge in [-0.25, -0.2) is 9.18 Å². The number of amides is 2. The number of anilines is 1. The number of non-ortho nitro benzene ring substituents is 1. The van der Waals surface area contributed by atoms with Crippen molar-refractivity contribution in [2.24, 2.45) is 0 Å². The van der Waals surface area contributed by atoms with Gasteiger partial charge in [-0.2, -0.15) is 0 Å². The fourth-order valence-corrected chi connectivity index (χ4v) is 2.30. The van der Waals surface area contributed by atoms with Crippen LogP contribution in [0.2, 0.25) is 0 Å². The van der Waals surface area contributed by atoms with Crippen LogP contribution >= 0.6 is 0 Å². The van der Waals surface area contributed by atoms with Crippen LogP contribution in [-0.4, -0.2) is 35.4 Å². The van der Waals surface area contributed by atoms with Gasteiger partial charge in [0.15, 0.2) is 6.61 Å². The summed E-state index contributed by atoms with van der Waals surface area (Å²) < 4.78 is 18.5. The van der Waals surface area contributed by atoms with Gasteiger partial charge in [0.2, 0.25) is 0 Å². The first-order valence-corrected chi connectivity index (χ1v) is 8.45. The molecule has 0 aliphatic rings. The van der Waals surface area contributed by atoms with Crippen LogP contribution in [0.1, 0.15) is 22.8 Å². The standard InChI is InChI=1S/C19H18FN3O6/c1-11-4-3-5-13(8-11)18(25)21-12(2)19(26)29-10-17(24)22-16-9-14(23(27)28)6-7-15(16)20/h3-9,12H,10H2,1-2H3,(H,21,25)(H,22,24)/t12-/m0/s1. The smallest absolute Gasteiger partial charge is 0.328 e. The third-order valence-electron chi connectivity index (χ3n) is 3.76. The fourth-order valence-electron chi connectivity index (χ4n) is 2.30. The molecule has 2 rings (SSSR count). The van der Waals surface area contributed by atoms with Gasteiger partial charge in [0, 0.05) is 17.7 Å². The van der Waals surface area contributed by atoms with Crippen LogP contribution in [0.3, 0.4) is 0 Å². The highest BCUT2D eigenvalue weighted by atomic mass is 19.1. The number of hydrogen-bond donors (Lipinski definition) is 2. The number of nitrogens with zero attached hydrogens (tertiary/aromatic N) is 1. The van der Waals surface area contributed by atoms with Crippen molar-refractivity contribution in [1.82, 2.24) is 5.32 Å². The Morgan fingerprint density at radius 1 is 1.21 bits per heavy atom. The lowest BCUT2D eigenvalue weighted by Gasteiger charge is -2.14. The maximum Gasteiger partial charge on any atom is 0.328 e. The largest absolute Gasteiger partial charge is 0.454 e. The summed E-state index contributed by atoms with van der Waals surface area (Å²) in [7, 11) is 0. The molecule has 0 saturated carbocycles. The van der Waals surface area contributed by atoms with Crippen molar-refractivity contribution >= 4 is 29.2 Å². The minimum Gasteiger partial charge on any atom is -0.454 e. The van der Waals surface area contributed by atoms with Crippen LogP contribution in [0.5, 0.6) is 0 Å². The van der Waals surface area contributed by atoms with Gasteiger partial charge in [-0.15, -0.1) is 0 Å². The second-order valence-electron chi connectivity index (χ2n) is 6.14. The van der Waals surface area contributed by atoms with Crippen LogP contribution in [0.4, 0.5) is 15.8 Å². The van der Waals surface area contributed by atoms with Crippen LogP contribution in [0, 0.1) is 22.9 Å². The summed E-state index contributed by atoms with van der Waals surface area (Å²) in [5.41, 5.74) is 0.411. The van der Waals surface area contributed by atoms with Crippen LogP contribution in [0.25, 0.3) is 0 Å². The summed E-state index contributed by atoms with van der Waals surface area (Å²) in [5.74, 6) is -3.13. The summed E-state index contributed by atoms with van der Waals surface area (Å²) in [4.78, 5) is 45.9. The number of aryl methyl sites for hydroxylation is 1. The van der Waals surface area contributed by atoms with Crippen molar-refractivity contribution in [3.8, 4) is 0 Å². The molecule has 0 saturated heterocycles. The van der Waals surface area contributed by atoms with E-state index in [0.717, 1.165) is 23.8 Å². The maximum absolute atomic E-state index is 13.7. The third-order valence-corrected chi connectivity index (χ3v) is 3.76. The molecule has 2 amide bonds. The molecule has 2 aromatic carbocycles. The number of rotatable bonds is 7. The number of carbonyl (C=O) groups excluding carboxylic acids is 3. The normalized spacial score (nSPS) is 11.3. The molecular formula is C19H18FN3O6. The quantitative estimate of drug-likeness (QED) is 0.415. The Hall–Kier alpha value is -3.82. The lowest BCUT2D eigenvalue weighted by atomic mass is 10.1. The Bertz CT molecular complexity index is 963. The number of nitro benzene ring substituents is 1. The number of ether oxygens (including phenoxy) is 1. The lowest BCUT2D eigenvalue weighted by molar-refractivity contribution is -0.384. The molecule has 9 nitrogen and oxygen atoms in total. The van der Waals surface area contributed by atoms with E-state index in [1.54, 1.807) is 18.2 Å². The first-order chi connectivity index (χ1) is 13.7. The van der Waals surface area contributed by atoms with Gasteiger partial charge in [-0.1, -0.05) is 17.7 Å². The minimum atomic E-state index is -1.04. The summed E-state index contributed by atoms with van der Waals surface area (Å²) in [6, 6.07) is 8.34. The average Bonchev–Trinajstić information content (AvgIpc) is 2.67. The summed E-state index contributed by atoms with van der Waals surface area (Å²) in [5, 5.41) is 15.3. The first-order valence-electron chi connectivity index (χ1n) is 8.45. The molecule has 29 heavy (non-hydrogen) atoms. The SMILES string of the molecule is Cc1cccc(C(=O)N[C@@H](C)C(=O)OCC(=O)Nc2cc([N+](=O)[O-])ccc2F)c1. The molecule has 0 bridgehead atoms. The molecule has 1 atom stereocenters. The highest BCUT2D eigenvalue weighted by Crippen LogP contribution is 2.21. The Balaban J connectivity index is 1.88. The molecule has 152 valence electrons. The van der Waals surface area contributed by atoms with Gasteiger partial charge < -0.3 is 15.4 Å². The second kappa shape index (κ2) is 9.40. The average molecular weight is 403 g/mol. The number of benzene rings is 2. The third kappa shape index (κ3) is 6.09. The molecule has 0 radical (unpaired) electrons. The van der Waals surface area contributed by atoms with Gasteiger partial charge in [0.25, 0.3) is 17.5 Å². The molecule has 0 aliphatic heterocycles. The van der Waals surface area contributed by atoms with Crippen molar-refractivity contribution < 1.29 is 28.4 Å². The molecule has 10 heteroatoms. The zero-order valence-corrected chi connectivity index (χ0v) is 15.6. The summed E-state index contributed by atoms with van der Waals surface area (Å²) in [6.45, 7) is 2.44. The van der Waals surface area contributed by atoms with E-state index in [0.29, 0.717) is 5.56 Å². The van der Waals surface area contributed by atoms with Gasteiger partial charge in [0.05, 0.1) is 10.6 Å². The predicted octanol–water partition coefficient (Wildman–Crippen LogP) is 2.34. The van der Waals surface area contributed by atoms with Gasteiger partial charge >= 0.3 is 5.97 Å².